The van der Waals surface area contributed by atoms with Crippen molar-refractivity contribution in [3.05, 3.63) is 34.9 Å². The Kier molecular flexibility index (Phi) is 4.92. The summed E-state index contributed by atoms with van der Waals surface area (Å²) in [7, 11) is -1.98. The standard InChI is InChI=1S/C10H13ClN2O3S/c1-12-17(15,16)7-6-13-10(14)8-4-2-3-5-9(8)11/h2-5,12H,6-7H2,1H3,(H,13,14). The summed E-state index contributed by atoms with van der Waals surface area (Å²) in [5.41, 5.74) is 0.330. The molecule has 0 aromatic heterocycles. The second-order valence-electron chi connectivity index (χ2n) is 3.26. The number of hydrogen-bond donors (Lipinski definition) is 2. The van der Waals surface area contributed by atoms with E-state index in [9.17, 15) is 13.2 Å². The molecule has 2 N–H and O–H groups in total. The van der Waals surface area contributed by atoms with Crippen LogP contribution in [0.25, 0.3) is 0 Å². The van der Waals surface area contributed by atoms with Crippen LogP contribution in [-0.4, -0.2) is 33.7 Å². The molecule has 0 bridgehead atoms. The number of amides is 1. The van der Waals surface area contributed by atoms with E-state index in [0.717, 1.165) is 0 Å². The van der Waals surface area contributed by atoms with Crippen LogP contribution < -0.4 is 10.0 Å². The second-order valence-corrected chi connectivity index (χ2v) is 5.71. The van der Waals surface area contributed by atoms with Crippen molar-refractivity contribution in [3.63, 3.8) is 0 Å². The number of rotatable bonds is 5. The van der Waals surface area contributed by atoms with Gasteiger partial charge in [0.1, 0.15) is 0 Å². The van der Waals surface area contributed by atoms with Crippen LogP contribution >= 0.6 is 11.6 Å². The topological polar surface area (TPSA) is 75.3 Å². The first-order chi connectivity index (χ1) is 7.96. The first kappa shape index (κ1) is 14.0. The summed E-state index contributed by atoms with van der Waals surface area (Å²) in [6.45, 7) is 0.0350. The van der Waals surface area contributed by atoms with Gasteiger partial charge in [-0.05, 0) is 19.2 Å². The Morgan fingerprint density at radius 3 is 2.59 bits per heavy atom. The Morgan fingerprint density at radius 1 is 1.35 bits per heavy atom. The van der Waals surface area contributed by atoms with E-state index in [1.807, 2.05) is 0 Å². The van der Waals surface area contributed by atoms with Crippen LogP contribution in [0, 0.1) is 0 Å². The summed E-state index contributed by atoms with van der Waals surface area (Å²) in [5, 5.41) is 2.82. The maximum absolute atomic E-state index is 11.6. The van der Waals surface area contributed by atoms with Crippen LogP contribution in [0.15, 0.2) is 24.3 Å². The highest BCUT2D eigenvalue weighted by atomic mass is 35.5. The van der Waals surface area contributed by atoms with Crippen LogP contribution in [0.4, 0.5) is 0 Å². The lowest BCUT2D eigenvalue weighted by Gasteiger charge is -2.06. The minimum absolute atomic E-state index is 0.0350. The van der Waals surface area contributed by atoms with E-state index in [0.29, 0.717) is 10.6 Å². The maximum Gasteiger partial charge on any atom is 0.252 e. The predicted octanol–water partition coefficient (Wildman–Crippen LogP) is 0.619. The second kappa shape index (κ2) is 6.00. The number of carbonyl (C=O) groups excluding carboxylic acids is 1. The highest BCUT2D eigenvalue weighted by Crippen LogP contribution is 2.14. The Hall–Kier alpha value is -1.11. The zero-order valence-corrected chi connectivity index (χ0v) is 10.8. The van der Waals surface area contributed by atoms with E-state index in [1.54, 1.807) is 24.3 Å². The number of carbonyl (C=O) groups is 1. The molecule has 1 rings (SSSR count). The van der Waals surface area contributed by atoms with Gasteiger partial charge in [-0.25, -0.2) is 13.1 Å². The molecule has 0 radical (unpaired) electrons. The third-order valence-corrected chi connectivity index (χ3v) is 3.78. The average molecular weight is 277 g/mol. The molecule has 7 heteroatoms. The summed E-state index contributed by atoms with van der Waals surface area (Å²) >= 11 is 5.82. The zero-order valence-electron chi connectivity index (χ0n) is 9.23. The summed E-state index contributed by atoms with van der Waals surface area (Å²) in [6.07, 6.45) is 0. The molecule has 1 aromatic carbocycles. The van der Waals surface area contributed by atoms with Crippen molar-refractivity contribution in [3.8, 4) is 0 Å². The zero-order chi connectivity index (χ0) is 12.9. The van der Waals surface area contributed by atoms with Crippen LogP contribution in [0.5, 0.6) is 0 Å². The molecule has 0 saturated heterocycles. The largest absolute Gasteiger partial charge is 0.351 e. The third-order valence-electron chi connectivity index (χ3n) is 2.09. The van der Waals surface area contributed by atoms with Gasteiger partial charge < -0.3 is 5.32 Å². The number of benzene rings is 1. The van der Waals surface area contributed by atoms with Gasteiger partial charge in [-0.15, -0.1) is 0 Å². The van der Waals surface area contributed by atoms with Crippen molar-refractivity contribution >= 4 is 27.5 Å². The van der Waals surface area contributed by atoms with Crippen LogP contribution in [0.1, 0.15) is 10.4 Å². The van der Waals surface area contributed by atoms with E-state index in [-0.39, 0.29) is 18.2 Å². The molecule has 0 aliphatic heterocycles. The van der Waals surface area contributed by atoms with E-state index in [1.165, 1.54) is 7.05 Å². The number of hydrogen-bond acceptors (Lipinski definition) is 3. The summed E-state index contributed by atoms with van der Waals surface area (Å²) < 4.78 is 24.4. The Labute approximate surface area is 105 Å². The van der Waals surface area contributed by atoms with Crippen LogP contribution in [0.2, 0.25) is 5.02 Å². The lowest BCUT2D eigenvalue weighted by atomic mass is 10.2. The molecule has 0 fully saturated rings. The van der Waals surface area contributed by atoms with E-state index < -0.39 is 10.0 Å². The van der Waals surface area contributed by atoms with Crippen molar-refractivity contribution < 1.29 is 13.2 Å². The first-order valence-electron chi connectivity index (χ1n) is 4.90. The average Bonchev–Trinajstić information content (AvgIpc) is 2.29. The SMILES string of the molecule is CNS(=O)(=O)CCNC(=O)c1ccccc1Cl. The number of halogens is 1. The van der Waals surface area contributed by atoms with Gasteiger partial charge in [-0.2, -0.15) is 0 Å². The summed E-state index contributed by atoms with van der Waals surface area (Å²) in [4.78, 5) is 11.6. The molecule has 94 valence electrons. The fraction of sp³-hybridized carbons (Fsp3) is 0.300. The number of sulfonamides is 1. The van der Waals surface area contributed by atoms with Crippen molar-refractivity contribution in [2.45, 2.75) is 0 Å². The molecule has 0 aliphatic carbocycles. The highest BCUT2D eigenvalue weighted by molar-refractivity contribution is 7.89. The lowest BCUT2D eigenvalue weighted by molar-refractivity contribution is 0.0956. The normalized spacial score (nSPS) is 11.2. The fourth-order valence-electron chi connectivity index (χ4n) is 1.14. The van der Waals surface area contributed by atoms with Crippen molar-refractivity contribution in [1.82, 2.24) is 10.0 Å². The van der Waals surface area contributed by atoms with Crippen molar-refractivity contribution in [2.24, 2.45) is 0 Å². The quantitative estimate of drug-likeness (QED) is 0.828. The molecule has 0 saturated carbocycles. The van der Waals surface area contributed by atoms with E-state index in [4.69, 9.17) is 11.6 Å². The molecular formula is C10H13ClN2O3S. The number of nitrogens with one attached hydrogen (secondary N) is 2. The highest BCUT2D eigenvalue weighted by Gasteiger charge is 2.11. The molecule has 1 amide bonds. The van der Waals surface area contributed by atoms with Gasteiger partial charge in [0, 0.05) is 6.54 Å². The van der Waals surface area contributed by atoms with Crippen LogP contribution in [0.3, 0.4) is 0 Å². The molecule has 1 aromatic rings. The van der Waals surface area contributed by atoms with Gasteiger partial charge in [-0.3, -0.25) is 4.79 Å². The third kappa shape index (κ3) is 4.33. The van der Waals surface area contributed by atoms with Crippen molar-refractivity contribution in [2.75, 3.05) is 19.3 Å². The molecular weight excluding hydrogens is 264 g/mol. The minimum atomic E-state index is -3.31. The van der Waals surface area contributed by atoms with Gasteiger partial charge in [0.25, 0.3) is 5.91 Å². The van der Waals surface area contributed by atoms with Gasteiger partial charge >= 0.3 is 0 Å². The van der Waals surface area contributed by atoms with Gasteiger partial charge in [0.15, 0.2) is 0 Å². The smallest absolute Gasteiger partial charge is 0.252 e. The van der Waals surface area contributed by atoms with E-state index >= 15 is 0 Å². The van der Waals surface area contributed by atoms with Crippen molar-refractivity contribution in [1.29, 1.82) is 0 Å². The minimum Gasteiger partial charge on any atom is -0.351 e. The summed E-state index contributed by atoms with van der Waals surface area (Å²) in [5.74, 6) is -0.554. The molecule has 0 aliphatic rings. The molecule has 0 spiro atoms. The lowest BCUT2D eigenvalue weighted by Crippen LogP contribution is -2.33. The van der Waals surface area contributed by atoms with Gasteiger partial charge in [0.2, 0.25) is 10.0 Å². The Bertz CT molecular complexity index is 502. The van der Waals surface area contributed by atoms with Gasteiger partial charge in [0.05, 0.1) is 16.3 Å². The molecule has 0 unspecified atom stereocenters. The summed E-state index contributed by atoms with van der Waals surface area (Å²) in [6, 6.07) is 6.57. The predicted molar refractivity (Wildman–Crippen MR) is 66.6 cm³/mol. The Morgan fingerprint density at radius 2 is 2.00 bits per heavy atom. The van der Waals surface area contributed by atoms with E-state index in [2.05, 4.69) is 10.0 Å². The molecule has 17 heavy (non-hydrogen) atoms. The maximum atomic E-state index is 11.6. The molecule has 0 atom stereocenters. The van der Waals surface area contributed by atoms with Gasteiger partial charge in [-0.1, -0.05) is 23.7 Å². The Balaban J connectivity index is 2.55. The fourth-order valence-corrected chi connectivity index (χ4v) is 1.94. The first-order valence-corrected chi connectivity index (χ1v) is 6.93. The molecule has 0 heterocycles. The van der Waals surface area contributed by atoms with Crippen LogP contribution in [-0.2, 0) is 10.0 Å². The monoisotopic (exact) mass is 276 g/mol. The molecule has 5 nitrogen and oxygen atoms in total.